The predicted molar refractivity (Wildman–Crippen MR) is 102 cm³/mol. The van der Waals surface area contributed by atoms with Gasteiger partial charge in [0.2, 0.25) is 5.95 Å². The third-order valence-corrected chi connectivity index (χ3v) is 4.38. The number of alkyl carbamates (subject to hydrolysis) is 1. The van der Waals surface area contributed by atoms with Crippen LogP contribution in [0.4, 0.5) is 21.0 Å². The van der Waals surface area contributed by atoms with Crippen molar-refractivity contribution < 1.29 is 13.9 Å². The van der Waals surface area contributed by atoms with Crippen molar-refractivity contribution in [3.63, 3.8) is 0 Å². The molecule has 8 heteroatoms. The van der Waals surface area contributed by atoms with Gasteiger partial charge in [0.25, 0.3) is 0 Å². The molecule has 1 N–H and O–H groups in total. The highest BCUT2D eigenvalue weighted by atomic mass is 19.1. The molecule has 0 saturated carbocycles. The number of benzene rings is 1. The average Bonchev–Trinajstić information content (AvgIpc) is 3.06. The van der Waals surface area contributed by atoms with Crippen molar-refractivity contribution in [3.8, 4) is 0 Å². The number of carbonyl (C=O) groups is 1. The summed E-state index contributed by atoms with van der Waals surface area (Å²) in [4.78, 5) is 24.3. The molecule has 0 radical (unpaired) electrons. The number of carbonyl (C=O) groups excluding carboxylic acids is 1. The molecule has 0 spiro atoms. The van der Waals surface area contributed by atoms with Gasteiger partial charge in [-0.1, -0.05) is 30.3 Å². The number of aromatic nitrogens is 2. The molecule has 1 aliphatic heterocycles. The van der Waals surface area contributed by atoms with Crippen molar-refractivity contribution in [2.75, 3.05) is 37.0 Å². The molecule has 2 aromatic rings. The Morgan fingerprint density at radius 2 is 2.11 bits per heavy atom. The fraction of sp³-hybridized carbons (Fsp3) is 0.421. The van der Waals surface area contributed by atoms with Crippen molar-refractivity contribution in [1.29, 1.82) is 0 Å². The normalized spacial score (nSPS) is 19.0. The van der Waals surface area contributed by atoms with Crippen LogP contribution in [0.25, 0.3) is 0 Å². The van der Waals surface area contributed by atoms with Crippen LogP contribution in [-0.2, 0) is 11.3 Å². The van der Waals surface area contributed by atoms with Crippen molar-refractivity contribution in [1.82, 2.24) is 15.3 Å². The number of amides is 1. The Labute approximate surface area is 158 Å². The quantitative estimate of drug-likeness (QED) is 0.838. The lowest BCUT2D eigenvalue weighted by Crippen LogP contribution is -2.40. The van der Waals surface area contributed by atoms with Crippen molar-refractivity contribution in [2.24, 2.45) is 0 Å². The lowest BCUT2D eigenvalue weighted by Gasteiger charge is -2.26. The van der Waals surface area contributed by atoms with Crippen LogP contribution in [0.2, 0.25) is 0 Å². The summed E-state index contributed by atoms with van der Waals surface area (Å²) in [6.07, 6.45) is 0.509. The first-order valence-corrected chi connectivity index (χ1v) is 8.88. The lowest BCUT2D eigenvalue weighted by atomic mass is 10.2. The van der Waals surface area contributed by atoms with Crippen LogP contribution >= 0.6 is 0 Å². The average molecular weight is 373 g/mol. The Balaban J connectivity index is 1.56. The summed E-state index contributed by atoms with van der Waals surface area (Å²) in [5.41, 5.74) is 0.913. The Morgan fingerprint density at radius 3 is 2.85 bits per heavy atom. The maximum Gasteiger partial charge on any atom is 0.407 e. The van der Waals surface area contributed by atoms with E-state index in [9.17, 15) is 9.18 Å². The Morgan fingerprint density at radius 1 is 1.33 bits per heavy atom. The second-order valence-electron chi connectivity index (χ2n) is 6.69. The van der Waals surface area contributed by atoms with Crippen LogP contribution in [0.1, 0.15) is 12.0 Å². The van der Waals surface area contributed by atoms with Crippen LogP contribution < -0.4 is 15.1 Å². The summed E-state index contributed by atoms with van der Waals surface area (Å²) >= 11 is 0. The molecule has 1 amide bonds. The molecule has 1 saturated heterocycles. The van der Waals surface area contributed by atoms with Gasteiger partial charge >= 0.3 is 6.09 Å². The third-order valence-electron chi connectivity index (χ3n) is 4.38. The highest BCUT2D eigenvalue weighted by Gasteiger charge is 2.33. The van der Waals surface area contributed by atoms with Crippen LogP contribution in [-0.4, -0.2) is 55.5 Å². The minimum atomic E-state index is -0.963. The van der Waals surface area contributed by atoms with E-state index in [4.69, 9.17) is 4.74 Å². The SMILES string of the molecule is CN(C)c1nccc(N2C[C@@H](F)C[C@H]2CNC(=O)OCc2ccccc2)n1. The maximum absolute atomic E-state index is 14.0. The van der Waals surface area contributed by atoms with E-state index in [1.807, 2.05) is 49.3 Å². The van der Waals surface area contributed by atoms with Crippen molar-refractivity contribution >= 4 is 17.9 Å². The number of anilines is 2. The number of hydrogen-bond donors (Lipinski definition) is 1. The van der Waals surface area contributed by atoms with E-state index in [1.54, 1.807) is 17.2 Å². The first-order chi connectivity index (χ1) is 13.0. The highest BCUT2D eigenvalue weighted by molar-refractivity contribution is 5.67. The molecule has 1 aliphatic rings. The molecule has 0 bridgehead atoms. The largest absolute Gasteiger partial charge is 0.445 e. The van der Waals surface area contributed by atoms with E-state index < -0.39 is 12.3 Å². The zero-order chi connectivity index (χ0) is 19.2. The Bertz CT molecular complexity index is 759. The van der Waals surface area contributed by atoms with Crippen molar-refractivity contribution in [2.45, 2.75) is 25.2 Å². The first-order valence-electron chi connectivity index (χ1n) is 8.88. The van der Waals surface area contributed by atoms with Crippen LogP contribution in [0.3, 0.4) is 0 Å². The van der Waals surface area contributed by atoms with Gasteiger partial charge in [-0.15, -0.1) is 0 Å². The van der Waals surface area contributed by atoms with Gasteiger partial charge in [0.15, 0.2) is 0 Å². The van der Waals surface area contributed by atoms with Gasteiger partial charge in [-0.05, 0) is 11.6 Å². The zero-order valence-electron chi connectivity index (χ0n) is 15.5. The number of nitrogens with one attached hydrogen (secondary N) is 1. The minimum Gasteiger partial charge on any atom is -0.445 e. The van der Waals surface area contributed by atoms with Gasteiger partial charge in [0, 0.05) is 33.3 Å². The summed E-state index contributed by atoms with van der Waals surface area (Å²) in [7, 11) is 3.70. The van der Waals surface area contributed by atoms with Gasteiger partial charge in [-0.2, -0.15) is 4.98 Å². The number of alkyl halides is 1. The van der Waals surface area contributed by atoms with E-state index in [0.29, 0.717) is 18.2 Å². The molecule has 1 fully saturated rings. The maximum atomic E-state index is 14.0. The van der Waals surface area contributed by atoms with E-state index in [2.05, 4.69) is 15.3 Å². The summed E-state index contributed by atoms with van der Waals surface area (Å²) < 4.78 is 19.2. The number of nitrogens with zero attached hydrogens (tertiary/aromatic N) is 4. The van der Waals surface area contributed by atoms with E-state index in [-0.39, 0.29) is 25.7 Å². The lowest BCUT2D eigenvalue weighted by molar-refractivity contribution is 0.139. The van der Waals surface area contributed by atoms with Crippen LogP contribution in [0.15, 0.2) is 42.6 Å². The predicted octanol–water partition coefficient (Wildman–Crippen LogP) is 2.39. The third kappa shape index (κ3) is 5.06. The summed E-state index contributed by atoms with van der Waals surface area (Å²) in [5, 5.41) is 2.73. The summed E-state index contributed by atoms with van der Waals surface area (Å²) in [6, 6.07) is 11.0. The molecular weight excluding hydrogens is 349 g/mol. The second-order valence-corrected chi connectivity index (χ2v) is 6.69. The number of rotatable bonds is 6. The molecule has 1 aromatic heterocycles. The zero-order valence-corrected chi connectivity index (χ0v) is 15.5. The Hall–Kier alpha value is -2.90. The molecule has 27 heavy (non-hydrogen) atoms. The van der Waals surface area contributed by atoms with Crippen LogP contribution in [0.5, 0.6) is 0 Å². The van der Waals surface area contributed by atoms with Gasteiger partial charge < -0.3 is 19.9 Å². The molecule has 2 heterocycles. The topological polar surface area (TPSA) is 70.6 Å². The molecule has 144 valence electrons. The fourth-order valence-corrected chi connectivity index (χ4v) is 3.02. The van der Waals surface area contributed by atoms with Gasteiger partial charge in [0.1, 0.15) is 18.6 Å². The number of halogens is 1. The van der Waals surface area contributed by atoms with E-state index in [1.165, 1.54) is 0 Å². The molecule has 7 nitrogen and oxygen atoms in total. The molecule has 0 aliphatic carbocycles. The summed E-state index contributed by atoms with van der Waals surface area (Å²) in [6.45, 7) is 0.732. The molecule has 1 aromatic carbocycles. The van der Waals surface area contributed by atoms with Gasteiger partial charge in [0.05, 0.1) is 12.6 Å². The van der Waals surface area contributed by atoms with E-state index in [0.717, 1.165) is 5.56 Å². The highest BCUT2D eigenvalue weighted by Crippen LogP contribution is 2.26. The molecule has 3 rings (SSSR count). The standard InChI is InChI=1S/C19H24FN5O2/c1-24(2)18-21-9-8-17(23-18)25-12-15(20)10-16(25)11-22-19(26)27-13-14-6-4-3-5-7-14/h3-9,15-16H,10-13H2,1-2H3,(H,22,26)/t15-,16-/m0/s1. The Kier molecular flexibility index (Phi) is 6.05. The number of ether oxygens (including phenoxy) is 1. The molecular formula is C19H24FN5O2. The smallest absolute Gasteiger partial charge is 0.407 e. The first kappa shape index (κ1) is 18.9. The van der Waals surface area contributed by atoms with E-state index >= 15 is 0 Å². The monoisotopic (exact) mass is 373 g/mol. The van der Waals surface area contributed by atoms with Crippen LogP contribution in [0, 0.1) is 0 Å². The second kappa shape index (κ2) is 8.66. The van der Waals surface area contributed by atoms with Gasteiger partial charge in [-0.25, -0.2) is 14.2 Å². The fourth-order valence-electron chi connectivity index (χ4n) is 3.02. The summed E-state index contributed by atoms with van der Waals surface area (Å²) in [5.74, 6) is 1.21. The molecule has 2 atom stereocenters. The number of hydrogen-bond acceptors (Lipinski definition) is 6. The molecule has 0 unspecified atom stereocenters. The van der Waals surface area contributed by atoms with Gasteiger partial charge in [-0.3, -0.25) is 0 Å². The van der Waals surface area contributed by atoms with Crippen molar-refractivity contribution in [3.05, 3.63) is 48.2 Å². The minimum absolute atomic E-state index is 0.186.